The molecule has 1 amide bonds. The number of nitrogens with one attached hydrogen (secondary N) is 1. The lowest BCUT2D eigenvalue weighted by Crippen LogP contribution is -2.48. The van der Waals surface area contributed by atoms with E-state index in [9.17, 15) is 50.6 Å². The van der Waals surface area contributed by atoms with Gasteiger partial charge in [-0.3, -0.25) is 4.79 Å². The van der Waals surface area contributed by atoms with Crippen molar-refractivity contribution in [3.63, 3.8) is 0 Å². The molecule has 0 fully saturated rings. The van der Waals surface area contributed by atoms with Gasteiger partial charge in [-0.25, -0.2) is 14.4 Å². The zero-order chi connectivity index (χ0) is 32.1. The highest BCUT2D eigenvalue weighted by Gasteiger charge is 2.42. The Balaban J connectivity index is 2.01. The molecule has 228 valence electrons. The Bertz CT molecular complexity index is 1540. The maximum atomic E-state index is 13.3. The number of aliphatic carboxylic acids is 1. The van der Waals surface area contributed by atoms with Gasteiger partial charge in [0.2, 0.25) is 12.2 Å². The monoisotopic (exact) mass is 677 g/mol. The zero-order valence-corrected chi connectivity index (χ0v) is 23.0. The second-order valence-corrected chi connectivity index (χ2v) is 9.40. The molecule has 0 bridgehead atoms. The molecule has 3 rings (SSSR count). The van der Waals surface area contributed by atoms with Gasteiger partial charge >= 0.3 is 30.3 Å². The molecule has 3 aromatic carbocycles. The predicted molar refractivity (Wildman–Crippen MR) is 138 cm³/mol. The summed E-state index contributed by atoms with van der Waals surface area (Å²) in [6, 6.07) is 9.63. The summed E-state index contributed by atoms with van der Waals surface area (Å²) >= 11 is 3.15. The van der Waals surface area contributed by atoms with Gasteiger partial charge in [0, 0.05) is 4.47 Å². The highest BCUT2D eigenvalue weighted by atomic mass is 79.9. The van der Waals surface area contributed by atoms with Crippen LogP contribution in [0.1, 0.15) is 31.8 Å². The Morgan fingerprint density at radius 1 is 0.767 bits per heavy atom. The summed E-state index contributed by atoms with van der Waals surface area (Å²) in [7, 11) is 1.22. The van der Waals surface area contributed by atoms with Crippen LogP contribution in [0.25, 0.3) is 0 Å². The van der Waals surface area contributed by atoms with E-state index < -0.39 is 70.6 Å². The van der Waals surface area contributed by atoms with Crippen molar-refractivity contribution in [2.45, 2.75) is 24.6 Å². The van der Waals surface area contributed by atoms with Crippen molar-refractivity contribution in [3.8, 4) is 5.75 Å². The van der Waals surface area contributed by atoms with Crippen LogP contribution in [0.5, 0.6) is 5.75 Å². The average molecular weight is 678 g/mol. The first-order chi connectivity index (χ1) is 20.0. The molecule has 0 aromatic heterocycles. The number of carboxylic acids is 1. The number of anilines is 1. The number of halogens is 7. The van der Waals surface area contributed by atoms with E-state index in [4.69, 9.17) is 14.2 Å². The van der Waals surface area contributed by atoms with Crippen LogP contribution in [-0.4, -0.2) is 48.2 Å². The van der Waals surface area contributed by atoms with Gasteiger partial charge in [0.1, 0.15) is 5.75 Å². The number of esters is 2. The van der Waals surface area contributed by atoms with Gasteiger partial charge in [-0.2, -0.15) is 26.3 Å². The fraction of sp³-hybridized carbons (Fsp3) is 0.185. The molecule has 0 unspecified atom stereocenters. The minimum absolute atomic E-state index is 0.0346. The van der Waals surface area contributed by atoms with E-state index >= 15 is 0 Å². The van der Waals surface area contributed by atoms with Gasteiger partial charge in [0.05, 0.1) is 35.1 Å². The average Bonchev–Trinajstić information content (AvgIpc) is 2.93. The first kappa shape index (κ1) is 32.9. The quantitative estimate of drug-likeness (QED) is 0.210. The molecule has 0 aliphatic carbocycles. The summed E-state index contributed by atoms with van der Waals surface area (Å²) in [5, 5.41) is 12.0. The van der Waals surface area contributed by atoms with E-state index in [2.05, 4.69) is 21.2 Å². The van der Waals surface area contributed by atoms with Gasteiger partial charge in [-0.05, 0) is 54.6 Å². The van der Waals surface area contributed by atoms with Crippen LogP contribution in [0.2, 0.25) is 0 Å². The molecule has 0 spiro atoms. The molecule has 2 atom stereocenters. The molecular formula is C27H18BrF6NO8. The van der Waals surface area contributed by atoms with E-state index in [1.54, 1.807) is 0 Å². The summed E-state index contributed by atoms with van der Waals surface area (Å²) in [6.45, 7) is 0. The highest BCUT2D eigenvalue weighted by molar-refractivity contribution is 9.10. The lowest BCUT2D eigenvalue weighted by molar-refractivity contribution is -0.157. The summed E-state index contributed by atoms with van der Waals surface area (Å²) < 4.78 is 94.2. The molecule has 16 heteroatoms. The number of ether oxygens (including phenoxy) is 3. The summed E-state index contributed by atoms with van der Waals surface area (Å²) in [5.74, 6) is -6.76. The second kappa shape index (κ2) is 13.1. The van der Waals surface area contributed by atoms with Crippen LogP contribution in [0.3, 0.4) is 0 Å². The Kier molecular flexibility index (Phi) is 10.1. The van der Waals surface area contributed by atoms with Gasteiger partial charge in [0.15, 0.2) is 0 Å². The number of alkyl halides is 6. The van der Waals surface area contributed by atoms with Crippen LogP contribution in [0.15, 0.2) is 71.2 Å². The molecule has 9 nitrogen and oxygen atoms in total. The van der Waals surface area contributed by atoms with Crippen LogP contribution in [-0.2, 0) is 31.4 Å². The van der Waals surface area contributed by atoms with Crippen molar-refractivity contribution in [1.82, 2.24) is 0 Å². The molecule has 0 saturated heterocycles. The lowest BCUT2D eigenvalue weighted by Gasteiger charge is -2.24. The number of carbonyl (C=O) groups excluding carboxylic acids is 3. The maximum Gasteiger partial charge on any atom is 0.416 e. The molecular weight excluding hydrogens is 660 g/mol. The van der Waals surface area contributed by atoms with Crippen molar-refractivity contribution in [2.24, 2.45) is 0 Å². The largest absolute Gasteiger partial charge is 0.495 e. The minimum atomic E-state index is -4.88. The fourth-order valence-electron chi connectivity index (χ4n) is 3.49. The molecule has 0 saturated carbocycles. The van der Waals surface area contributed by atoms with Crippen LogP contribution in [0.4, 0.5) is 32.0 Å². The third-order valence-electron chi connectivity index (χ3n) is 5.52. The summed E-state index contributed by atoms with van der Waals surface area (Å²) in [6.07, 6.45) is -15.0. The number of hydrogen-bond donors (Lipinski definition) is 2. The van der Waals surface area contributed by atoms with Crippen LogP contribution in [0, 0.1) is 0 Å². The molecule has 0 heterocycles. The Morgan fingerprint density at radius 3 is 1.70 bits per heavy atom. The van der Waals surface area contributed by atoms with E-state index in [0.717, 1.165) is 24.3 Å². The topological polar surface area (TPSA) is 128 Å². The SMILES string of the molecule is COc1ccc(Br)cc1NC(=O)[C@@H](OC(=O)c1cccc(C(F)(F)F)c1)[C@@H](OC(=O)c1cccc(C(F)(F)F)c1)C(=O)O. The molecule has 3 aromatic rings. The Hall–Kier alpha value is -4.60. The Labute approximate surface area is 246 Å². The smallest absolute Gasteiger partial charge is 0.416 e. The van der Waals surface area contributed by atoms with Gasteiger partial charge < -0.3 is 24.6 Å². The number of carbonyl (C=O) groups is 4. The van der Waals surface area contributed by atoms with Gasteiger partial charge in [-0.1, -0.05) is 28.1 Å². The third-order valence-corrected chi connectivity index (χ3v) is 6.01. The first-order valence-corrected chi connectivity index (χ1v) is 12.4. The van der Waals surface area contributed by atoms with E-state index in [-0.39, 0.29) is 11.4 Å². The van der Waals surface area contributed by atoms with Gasteiger partial charge in [0.25, 0.3) is 5.91 Å². The molecule has 2 N–H and O–H groups in total. The van der Waals surface area contributed by atoms with E-state index in [1.807, 2.05) is 0 Å². The molecule has 0 aliphatic rings. The Morgan fingerprint density at radius 2 is 1.26 bits per heavy atom. The lowest BCUT2D eigenvalue weighted by atomic mass is 10.1. The van der Waals surface area contributed by atoms with Crippen molar-refractivity contribution < 1.29 is 64.8 Å². The number of amides is 1. The van der Waals surface area contributed by atoms with Gasteiger partial charge in [-0.15, -0.1) is 0 Å². The zero-order valence-electron chi connectivity index (χ0n) is 21.5. The van der Waals surface area contributed by atoms with Crippen molar-refractivity contribution in [1.29, 1.82) is 0 Å². The number of benzene rings is 3. The summed E-state index contributed by atoms with van der Waals surface area (Å²) in [4.78, 5) is 51.0. The van der Waals surface area contributed by atoms with Crippen LogP contribution < -0.4 is 10.1 Å². The van der Waals surface area contributed by atoms with Crippen LogP contribution >= 0.6 is 15.9 Å². The van der Waals surface area contributed by atoms with Crippen molar-refractivity contribution in [2.75, 3.05) is 12.4 Å². The molecule has 0 aliphatic heterocycles. The predicted octanol–water partition coefficient (Wildman–Crippen LogP) is 5.97. The highest BCUT2D eigenvalue weighted by Crippen LogP contribution is 2.32. The first-order valence-electron chi connectivity index (χ1n) is 11.6. The standard InChI is InChI=1S/C27H18BrF6NO8/c1-41-19-9-8-17(28)12-18(19)35-22(36)20(42-24(39)13-4-2-6-15(10-13)26(29,30)31)21(23(37)38)43-25(40)14-5-3-7-16(11-14)27(32,33)34/h2-12,20-21H,1H3,(H,35,36)(H,37,38)/t20-,21+/m0/s1. The maximum absolute atomic E-state index is 13.3. The normalized spacial score (nSPS) is 12.9. The van der Waals surface area contributed by atoms with E-state index in [1.165, 1.54) is 25.3 Å². The second-order valence-electron chi connectivity index (χ2n) is 8.48. The van der Waals surface area contributed by atoms with Crippen molar-refractivity contribution in [3.05, 3.63) is 93.5 Å². The number of rotatable bonds is 9. The number of carboxylic acid groups (broad SMARTS) is 1. The minimum Gasteiger partial charge on any atom is -0.495 e. The molecule has 0 radical (unpaired) electrons. The van der Waals surface area contributed by atoms with E-state index in [0.29, 0.717) is 28.7 Å². The number of hydrogen-bond acceptors (Lipinski definition) is 7. The third kappa shape index (κ3) is 8.47. The summed E-state index contributed by atoms with van der Waals surface area (Å²) in [5.41, 5.74) is -4.16. The molecule has 43 heavy (non-hydrogen) atoms. The number of methoxy groups -OCH3 is 1. The van der Waals surface area contributed by atoms with Crippen molar-refractivity contribution >= 4 is 45.4 Å². The fourth-order valence-corrected chi connectivity index (χ4v) is 3.85.